The second-order valence-electron chi connectivity index (χ2n) is 21.9. The summed E-state index contributed by atoms with van der Waals surface area (Å²) in [6.45, 7) is 3.81. The van der Waals surface area contributed by atoms with Gasteiger partial charge in [0.15, 0.2) is 30.6 Å². The summed E-state index contributed by atoms with van der Waals surface area (Å²) in [5, 5.41) is 93.4. The van der Waals surface area contributed by atoms with E-state index in [2.05, 4.69) is 99.7 Å². The summed E-state index contributed by atoms with van der Waals surface area (Å²) >= 11 is 0. The smallest absolute Gasteiger partial charge is 0.258 e. The molecule has 0 bridgehead atoms. The average Bonchev–Trinajstić information content (AvgIpc) is 0.934. The SMILES string of the molecule is O=Cc1c[nH]ccc1=O.O=Cc1ccc[nH]c1=O.O=Cc1ccncc1O.O=Cc1ncccc1O.Oc1cccnc1C=NCCN=Cc1ncccc1O.Oc1ccncc1C=NCCN=Cc1cnccc1O.Oc1cnccc1C=NCCN=Cc1ccncc1O.Oc1ncccc1C=NCCN=Cc1cccnc1O.[Co].[Co].[Co].[Co]. The average molecular weight is 1810 g/mol. The molecule has 0 unspecified atom stereocenters. The van der Waals surface area contributed by atoms with Crippen LogP contribution in [0.1, 0.15) is 86.3 Å². The molecule has 12 aromatic heterocycles. The van der Waals surface area contributed by atoms with E-state index in [1.165, 1.54) is 136 Å². The van der Waals surface area contributed by atoms with Crippen LogP contribution in [0.4, 0.5) is 0 Å². The number of aliphatic imine (C=N–C) groups is 8. The van der Waals surface area contributed by atoms with Crippen molar-refractivity contribution in [2.24, 2.45) is 39.9 Å². The number of aromatic amines is 2. The third-order valence-corrected chi connectivity index (χ3v) is 13.7. The quantitative estimate of drug-likeness (QED) is 0.0161. The minimum absolute atomic E-state index is 0. The number of aromatic hydroxyl groups is 10. The minimum atomic E-state index is -0.340. The second-order valence-corrected chi connectivity index (χ2v) is 21.9. The maximum atomic E-state index is 10.6. The minimum Gasteiger partial charge on any atom is -0.507 e. The maximum absolute atomic E-state index is 10.6. The normalized spacial score (nSPS) is 10.3. The zero-order valence-electron chi connectivity index (χ0n) is 62.7. The molecule has 12 aromatic rings. The fourth-order valence-corrected chi connectivity index (χ4v) is 7.83. The van der Waals surface area contributed by atoms with E-state index in [1.54, 1.807) is 135 Å². The Morgan fingerprint density at radius 3 is 0.908 bits per heavy atom. The van der Waals surface area contributed by atoms with E-state index in [4.69, 9.17) is 10.2 Å². The van der Waals surface area contributed by atoms with Crippen molar-refractivity contribution >= 4 is 74.9 Å². The van der Waals surface area contributed by atoms with Gasteiger partial charge in [-0.1, -0.05) is 0 Å². The van der Waals surface area contributed by atoms with Gasteiger partial charge in [-0.25, -0.2) is 15.0 Å². The molecular weight excluding hydrogens is 1730 g/mol. The van der Waals surface area contributed by atoms with Crippen LogP contribution in [-0.2, 0) is 67.1 Å². The molecule has 0 atom stereocenters. The van der Waals surface area contributed by atoms with E-state index in [1.807, 2.05) is 0 Å². The van der Waals surface area contributed by atoms with Crippen molar-refractivity contribution in [2.75, 3.05) is 52.4 Å². The predicted molar refractivity (Wildman–Crippen MR) is 434 cm³/mol. The van der Waals surface area contributed by atoms with Gasteiger partial charge in [-0.2, -0.15) is 0 Å². The number of nitrogens with zero attached hydrogens (tertiary/aromatic N) is 18. The molecule has 0 saturated heterocycles. The number of hydrogen-bond donors (Lipinski definition) is 12. The first-order valence-electron chi connectivity index (χ1n) is 33.9. The Morgan fingerprint density at radius 2 is 0.600 bits per heavy atom. The van der Waals surface area contributed by atoms with Crippen molar-refractivity contribution in [3.63, 3.8) is 0 Å². The van der Waals surface area contributed by atoms with Gasteiger partial charge in [0.25, 0.3) is 5.56 Å². The molecule has 120 heavy (non-hydrogen) atoms. The van der Waals surface area contributed by atoms with Crippen LogP contribution in [-0.4, -0.2) is 238 Å². The van der Waals surface area contributed by atoms with Crippen molar-refractivity contribution in [1.29, 1.82) is 0 Å². The van der Waals surface area contributed by atoms with Crippen molar-refractivity contribution in [3.8, 4) is 57.8 Å². The summed E-state index contributed by atoms with van der Waals surface area (Å²) in [5.74, 6) is 0.444. The van der Waals surface area contributed by atoms with Gasteiger partial charge in [-0.3, -0.25) is 104 Å². The zero-order chi connectivity index (χ0) is 83.6. The fraction of sp³-hybridized carbons (Fsp3) is 0.100. The molecule has 0 aliphatic heterocycles. The first-order chi connectivity index (χ1) is 56.5. The van der Waals surface area contributed by atoms with Crippen LogP contribution in [0.15, 0.2) is 270 Å². The largest absolute Gasteiger partial charge is 0.507 e. The molecule has 4 radical (unpaired) electrons. The molecule has 628 valence electrons. The number of aromatic nitrogens is 12. The Bertz CT molecular complexity index is 4640. The molecule has 40 heteroatoms. The van der Waals surface area contributed by atoms with E-state index in [0.29, 0.717) is 122 Å². The number of H-pyrrole nitrogens is 2. The summed E-state index contributed by atoms with van der Waals surface area (Å²) in [7, 11) is 0. The molecule has 0 spiro atoms. The van der Waals surface area contributed by atoms with E-state index in [0.717, 1.165) is 0 Å². The predicted octanol–water partition coefficient (Wildman–Crippen LogP) is 7.27. The monoisotopic (exact) mass is 1810 g/mol. The molecule has 0 aromatic carbocycles. The molecular formula is C80H76Co4N20O16. The van der Waals surface area contributed by atoms with E-state index >= 15 is 0 Å². The van der Waals surface area contributed by atoms with Crippen LogP contribution in [0.25, 0.3) is 0 Å². The Labute approximate surface area is 725 Å². The van der Waals surface area contributed by atoms with Crippen LogP contribution in [0.2, 0.25) is 0 Å². The van der Waals surface area contributed by atoms with Gasteiger partial charge >= 0.3 is 0 Å². The van der Waals surface area contributed by atoms with Gasteiger partial charge in [-0.15, -0.1) is 0 Å². The molecule has 12 N–H and O–H groups in total. The molecule has 36 nitrogen and oxygen atoms in total. The van der Waals surface area contributed by atoms with Gasteiger partial charge < -0.3 is 61.0 Å². The van der Waals surface area contributed by atoms with Crippen LogP contribution in [0.5, 0.6) is 57.8 Å². The van der Waals surface area contributed by atoms with Crippen molar-refractivity contribution in [2.45, 2.75) is 0 Å². The summed E-state index contributed by atoms with van der Waals surface area (Å²) in [6.07, 6.45) is 41.2. The number of aldehydes is 4. The third-order valence-electron chi connectivity index (χ3n) is 13.7. The van der Waals surface area contributed by atoms with Crippen molar-refractivity contribution in [1.82, 2.24) is 59.8 Å². The molecule has 0 aliphatic carbocycles. The number of carbonyl (C=O) groups excluding carboxylic acids is 4. The first-order valence-corrected chi connectivity index (χ1v) is 33.9. The maximum Gasteiger partial charge on any atom is 0.258 e. The van der Waals surface area contributed by atoms with E-state index < -0.39 is 0 Å². The third kappa shape index (κ3) is 41.7. The fourth-order valence-electron chi connectivity index (χ4n) is 7.83. The van der Waals surface area contributed by atoms with Gasteiger partial charge in [-0.05, 0) is 103 Å². The molecule has 12 heterocycles. The van der Waals surface area contributed by atoms with Crippen LogP contribution < -0.4 is 11.0 Å². The Hall–Kier alpha value is -14.5. The number of pyridine rings is 12. The van der Waals surface area contributed by atoms with Crippen molar-refractivity contribution < 1.29 is 137 Å². The number of rotatable bonds is 24. The Morgan fingerprint density at radius 1 is 0.275 bits per heavy atom. The molecule has 0 amide bonds. The molecule has 0 fully saturated rings. The molecule has 12 rings (SSSR count). The second kappa shape index (κ2) is 62.8. The van der Waals surface area contributed by atoms with Gasteiger partial charge in [0.1, 0.15) is 63.1 Å². The van der Waals surface area contributed by atoms with Crippen LogP contribution in [0.3, 0.4) is 0 Å². The topological polar surface area (TPSA) is 564 Å². The zero-order valence-corrected chi connectivity index (χ0v) is 66.8. The molecule has 0 aliphatic rings. The van der Waals surface area contributed by atoms with Crippen LogP contribution >= 0.6 is 0 Å². The Kier molecular flexibility index (Phi) is 54.1. The van der Waals surface area contributed by atoms with E-state index in [-0.39, 0.29) is 158 Å². The standard InChI is InChI=1S/4C14H14N4O2.4C6H5NO2.4Co/c19-13-1-3-15-7-11(13)9-17-5-6-18-10-12-8-16-4-2-14(12)20;19-13-9-15-3-1-11(13)7-17-5-6-18-8-12-2-4-16-10-14(12)20;19-13-3-1-5-17-11(13)9-15-7-8-16-10-12-14(20)4-2-6-18-12;19-13-11(3-1-5-17-13)9-15-7-8-16-10-12-4-2-6-18-14(12)20;8-4-5-3-7-2-1-6(5)9;8-4-5-1-2-7-3-6(5)9;8-4-5-6(9)2-1-3-7-5;8-4-5-2-1-3-7-6(5)9;;;;/h1-4,7-10H,5-6H2,(H,15,19)(H,16,20);1-4,7-10,19-20H,5-6H2;1-6,9-10,19-20H,7-8H2;1-6,9-10H,7-8H2,(H,17,19)(H,18,20);1-4H,(H,7,9);2*1-4,9H;1-4H,(H,7,9);;;;. The number of nitrogens with one attached hydrogen (secondary N) is 2. The summed E-state index contributed by atoms with van der Waals surface area (Å²) < 4.78 is 0. The Balaban J connectivity index is 0.000000699. The molecule has 0 saturated carbocycles. The number of hydrogen-bond acceptors (Lipinski definition) is 34. The first kappa shape index (κ1) is 103. The van der Waals surface area contributed by atoms with Gasteiger partial charge in [0.2, 0.25) is 11.8 Å². The van der Waals surface area contributed by atoms with E-state index in [9.17, 15) is 69.6 Å². The van der Waals surface area contributed by atoms with Crippen molar-refractivity contribution in [3.05, 3.63) is 308 Å². The summed E-state index contributed by atoms with van der Waals surface area (Å²) in [4.78, 5) is 137. The number of carbonyl (C=O) groups is 4. The summed E-state index contributed by atoms with van der Waals surface area (Å²) in [5.41, 5.74) is 4.48. The van der Waals surface area contributed by atoms with Gasteiger partial charge in [0.05, 0.1) is 122 Å². The summed E-state index contributed by atoms with van der Waals surface area (Å²) in [6, 6.07) is 28.5. The van der Waals surface area contributed by atoms with Gasteiger partial charge in [0, 0.05) is 215 Å². The van der Waals surface area contributed by atoms with Crippen LogP contribution in [0, 0.1) is 0 Å².